The maximum Gasteiger partial charge on any atom is 0.323 e. The van der Waals surface area contributed by atoms with Crippen LogP contribution < -0.4 is 5.73 Å². The number of hydrogen-bond acceptors (Lipinski definition) is 4. The predicted octanol–water partition coefficient (Wildman–Crippen LogP) is 1.47. The number of esters is 1. The van der Waals surface area contributed by atoms with E-state index in [1.165, 1.54) is 0 Å². The lowest BCUT2D eigenvalue weighted by Crippen LogP contribution is -2.44. The van der Waals surface area contributed by atoms with E-state index < -0.39 is 6.04 Å². The van der Waals surface area contributed by atoms with Crippen molar-refractivity contribution in [3.63, 3.8) is 0 Å². The van der Waals surface area contributed by atoms with E-state index >= 15 is 0 Å². The molecular formula is C12H23NO3. The van der Waals surface area contributed by atoms with Crippen molar-refractivity contribution in [3.05, 3.63) is 0 Å². The third-order valence-electron chi connectivity index (χ3n) is 2.87. The third-order valence-corrected chi connectivity index (χ3v) is 2.87. The number of ether oxygens (including phenoxy) is 2. The molecule has 0 amide bonds. The molecule has 0 bridgehead atoms. The number of carbonyl (C=O) groups excluding carboxylic acids is 1. The summed E-state index contributed by atoms with van der Waals surface area (Å²) in [7, 11) is 0. The average molecular weight is 229 g/mol. The normalized spacial score (nSPS) is 23.9. The first-order valence-electron chi connectivity index (χ1n) is 5.95. The summed E-state index contributed by atoms with van der Waals surface area (Å²) >= 11 is 0. The molecule has 4 heteroatoms. The van der Waals surface area contributed by atoms with Gasteiger partial charge in [0, 0.05) is 6.61 Å². The van der Waals surface area contributed by atoms with Crippen molar-refractivity contribution < 1.29 is 14.3 Å². The van der Waals surface area contributed by atoms with E-state index in [0.29, 0.717) is 6.61 Å². The largest absolute Gasteiger partial charge is 0.462 e. The SMILES string of the molecule is CC(C)(C)[C@H](N)C(=O)OCC1CCCCO1. The van der Waals surface area contributed by atoms with Crippen LogP contribution in [-0.2, 0) is 14.3 Å². The molecule has 0 aromatic carbocycles. The van der Waals surface area contributed by atoms with Gasteiger partial charge in [-0.2, -0.15) is 0 Å². The summed E-state index contributed by atoms with van der Waals surface area (Å²) in [5.41, 5.74) is 5.54. The zero-order chi connectivity index (χ0) is 12.2. The molecule has 1 aliphatic rings. The highest BCUT2D eigenvalue weighted by atomic mass is 16.6. The molecule has 0 aromatic heterocycles. The molecule has 1 unspecified atom stereocenters. The van der Waals surface area contributed by atoms with Crippen molar-refractivity contribution in [2.24, 2.45) is 11.1 Å². The van der Waals surface area contributed by atoms with Gasteiger partial charge in [0.15, 0.2) is 0 Å². The molecule has 94 valence electrons. The Morgan fingerprint density at radius 2 is 2.19 bits per heavy atom. The molecule has 2 atom stereocenters. The van der Waals surface area contributed by atoms with Crippen LogP contribution in [0.5, 0.6) is 0 Å². The van der Waals surface area contributed by atoms with Crippen LogP contribution in [0.1, 0.15) is 40.0 Å². The summed E-state index contributed by atoms with van der Waals surface area (Å²) in [4.78, 5) is 11.6. The van der Waals surface area contributed by atoms with Crippen LogP contribution in [0.3, 0.4) is 0 Å². The Labute approximate surface area is 97.5 Å². The fraction of sp³-hybridized carbons (Fsp3) is 0.917. The Bertz CT molecular complexity index is 229. The summed E-state index contributed by atoms with van der Waals surface area (Å²) in [6.07, 6.45) is 3.28. The van der Waals surface area contributed by atoms with Gasteiger partial charge in [0.25, 0.3) is 0 Å². The summed E-state index contributed by atoms with van der Waals surface area (Å²) in [5, 5.41) is 0. The Balaban J connectivity index is 2.29. The van der Waals surface area contributed by atoms with E-state index in [4.69, 9.17) is 15.2 Å². The lowest BCUT2D eigenvalue weighted by molar-refractivity contribution is -0.153. The molecular weight excluding hydrogens is 206 g/mol. The first-order valence-corrected chi connectivity index (χ1v) is 5.95. The number of nitrogens with two attached hydrogens (primary N) is 1. The maximum absolute atomic E-state index is 11.6. The van der Waals surface area contributed by atoms with Gasteiger partial charge in [-0.3, -0.25) is 4.79 Å². The fourth-order valence-corrected chi connectivity index (χ4v) is 1.56. The lowest BCUT2D eigenvalue weighted by Gasteiger charge is -2.27. The van der Waals surface area contributed by atoms with Gasteiger partial charge < -0.3 is 15.2 Å². The van der Waals surface area contributed by atoms with Crippen molar-refractivity contribution in [3.8, 4) is 0 Å². The zero-order valence-corrected chi connectivity index (χ0v) is 10.5. The Kier molecular flexibility index (Phi) is 4.74. The number of carbonyl (C=O) groups is 1. The highest BCUT2D eigenvalue weighted by Crippen LogP contribution is 2.19. The van der Waals surface area contributed by atoms with Gasteiger partial charge in [-0.1, -0.05) is 20.8 Å². The molecule has 1 heterocycles. The topological polar surface area (TPSA) is 61.6 Å². The first-order chi connectivity index (χ1) is 7.41. The van der Waals surface area contributed by atoms with E-state index in [2.05, 4.69) is 0 Å². The van der Waals surface area contributed by atoms with Crippen molar-refractivity contribution in [1.82, 2.24) is 0 Å². The second-order valence-electron chi connectivity index (χ2n) is 5.46. The molecule has 0 spiro atoms. The van der Waals surface area contributed by atoms with Gasteiger partial charge in [-0.05, 0) is 24.7 Å². The summed E-state index contributed by atoms with van der Waals surface area (Å²) in [5.74, 6) is -0.332. The van der Waals surface area contributed by atoms with Crippen LogP contribution in [0.2, 0.25) is 0 Å². The highest BCUT2D eigenvalue weighted by Gasteiger charge is 2.29. The highest BCUT2D eigenvalue weighted by molar-refractivity contribution is 5.76. The molecule has 0 radical (unpaired) electrons. The van der Waals surface area contributed by atoms with Gasteiger partial charge in [-0.25, -0.2) is 0 Å². The molecule has 1 fully saturated rings. The summed E-state index contributed by atoms with van der Waals surface area (Å²) in [6, 6.07) is -0.573. The molecule has 0 aromatic rings. The van der Waals surface area contributed by atoms with E-state index in [-0.39, 0.29) is 17.5 Å². The Morgan fingerprint density at radius 3 is 2.69 bits per heavy atom. The number of hydrogen-bond donors (Lipinski definition) is 1. The molecule has 2 N–H and O–H groups in total. The first kappa shape index (κ1) is 13.5. The standard InChI is InChI=1S/C12H23NO3/c1-12(2,3)10(13)11(14)16-8-9-6-4-5-7-15-9/h9-10H,4-8,13H2,1-3H3/t9?,10-/m1/s1. The smallest absolute Gasteiger partial charge is 0.323 e. The molecule has 1 saturated heterocycles. The van der Waals surface area contributed by atoms with Gasteiger partial charge in [0.2, 0.25) is 0 Å². The van der Waals surface area contributed by atoms with Crippen molar-refractivity contribution in [2.45, 2.75) is 52.2 Å². The van der Waals surface area contributed by atoms with Crippen LogP contribution in [0.15, 0.2) is 0 Å². The van der Waals surface area contributed by atoms with E-state index in [1.807, 2.05) is 20.8 Å². The van der Waals surface area contributed by atoms with Gasteiger partial charge in [0.1, 0.15) is 12.6 Å². The van der Waals surface area contributed by atoms with Crippen LogP contribution in [0.25, 0.3) is 0 Å². The van der Waals surface area contributed by atoms with Gasteiger partial charge in [-0.15, -0.1) is 0 Å². The third kappa shape index (κ3) is 4.10. The van der Waals surface area contributed by atoms with Gasteiger partial charge in [0.05, 0.1) is 6.10 Å². The van der Waals surface area contributed by atoms with E-state index in [1.54, 1.807) is 0 Å². The maximum atomic E-state index is 11.6. The molecule has 16 heavy (non-hydrogen) atoms. The minimum atomic E-state index is -0.573. The van der Waals surface area contributed by atoms with Crippen molar-refractivity contribution >= 4 is 5.97 Å². The quantitative estimate of drug-likeness (QED) is 0.744. The lowest BCUT2D eigenvalue weighted by atomic mass is 9.87. The Morgan fingerprint density at radius 1 is 1.50 bits per heavy atom. The van der Waals surface area contributed by atoms with Crippen molar-refractivity contribution in [2.75, 3.05) is 13.2 Å². The molecule has 1 aliphatic heterocycles. The molecule has 4 nitrogen and oxygen atoms in total. The van der Waals surface area contributed by atoms with Crippen molar-refractivity contribution in [1.29, 1.82) is 0 Å². The molecule has 0 saturated carbocycles. The van der Waals surface area contributed by atoms with Crippen LogP contribution >= 0.6 is 0 Å². The molecule has 0 aliphatic carbocycles. The Hall–Kier alpha value is -0.610. The molecule has 1 rings (SSSR count). The van der Waals surface area contributed by atoms with E-state index in [0.717, 1.165) is 25.9 Å². The number of rotatable bonds is 3. The summed E-state index contributed by atoms with van der Waals surface area (Å²) in [6.45, 7) is 6.89. The summed E-state index contributed by atoms with van der Waals surface area (Å²) < 4.78 is 10.7. The van der Waals surface area contributed by atoms with Crippen LogP contribution in [-0.4, -0.2) is 31.3 Å². The average Bonchev–Trinajstić information content (AvgIpc) is 2.25. The van der Waals surface area contributed by atoms with Crippen LogP contribution in [0, 0.1) is 5.41 Å². The monoisotopic (exact) mass is 229 g/mol. The minimum absolute atomic E-state index is 0.0601. The van der Waals surface area contributed by atoms with E-state index in [9.17, 15) is 4.79 Å². The fourth-order valence-electron chi connectivity index (χ4n) is 1.56. The predicted molar refractivity (Wildman–Crippen MR) is 62.0 cm³/mol. The minimum Gasteiger partial charge on any atom is -0.462 e. The second-order valence-corrected chi connectivity index (χ2v) is 5.46. The van der Waals surface area contributed by atoms with Gasteiger partial charge >= 0.3 is 5.97 Å². The second kappa shape index (κ2) is 5.64. The van der Waals surface area contributed by atoms with Crippen LogP contribution in [0.4, 0.5) is 0 Å². The zero-order valence-electron chi connectivity index (χ0n) is 10.5.